The summed E-state index contributed by atoms with van der Waals surface area (Å²) in [5.74, 6) is 1.83. The van der Waals surface area contributed by atoms with Crippen LogP contribution in [0.1, 0.15) is 21.5 Å². The number of carbonyl (C=O) groups excluding carboxylic acids is 1. The van der Waals surface area contributed by atoms with Crippen molar-refractivity contribution in [3.8, 4) is 0 Å². The second kappa shape index (κ2) is 14.0. The van der Waals surface area contributed by atoms with Gasteiger partial charge in [-0.25, -0.2) is 8.42 Å². The molecule has 47 heavy (non-hydrogen) atoms. The van der Waals surface area contributed by atoms with Crippen LogP contribution in [-0.2, 0) is 10.0 Å². The summed E-state index contributed by atoms with van der Waals surface area (Å²) in [5, 5.41) is 3.59. The fourth-order valence-electron chi connectivity index (χ4n) is 5.77. The van der Waals surface area contributed by atoms with Gasteiger partial charge in [0.05, 0.1) is 17.1 Å². The molecular weight excluding hydrogens is 641 g/mol. The van der Waals surface area contributed by atoms with Crippen molar-refractivity contribution in [3.63, 3.8) is 0 Å². The van der Waals surface area contributed by atoms with Gasteiger partial charge in [-0.1, -0.05) is 156 Å². The molecule has 0 amide bonds. The van der Waals surface area contributed by atoms with Gasteiger partial charge in [-0.2, -0.15) is 0 Å². The van der Waals surface area contributed by atoms with E-state index in [1.54, 1.807) is 66.7 Å². The highest BCUT2D eigenvalue weighted by molar-refractivity contribution is 7.95. The molecule has 4 nitrogen and oxygen atoms in total. The van der Waals surface area contributed by atoms with E-state index in [1.165, 1.54) is 4.31 Å². The fourth-order valence-corrected chi connectivity index (χ4v) is 11.3. The number of sulfonamides is 1. The number of ketones is 1. The van der Waals surface area contributed by atoms with E-state index in [1.807, 2.05) is 67.6 Å². The molecule has 7 heteroatoms. The molecule has 0 saturated heterocycles. The van der Waals surface area contributed by atoms with Gasteiger partial charge in [-0.15, -0.1) is 0 Å². The van der Waals surface area contributed by atoms with E-state index >= 15 is 0 Å². The average Bonchev–Trinajstić information content (AvgIpc) is 3.12. The van der Waals surface area contributed by atoms with Crippen LogP contribution in [0.4, 0.5) is 5.69 Å². The van der Waals surface area contributed by atoms with E-state index in [0.29, 0.717) is 10.6 Å². The molecule has 0 aromatic heterocycles. The molecule has 234 valence electrons. The van der Waals surface area contributed by atoms with Crippen LogP contribution < -0.4 is 20.2 Å². The predicted octanol–water partition coefficient (Wildman–Crippen LogP) is 7.87. The van der Waals surface area contributed by atoms with Crippen molar-refractivity contribution >= 4 is 61.7 Å². The minimum Gasteiger partial charge on any atom is -0.289 e. The number of halogens is 1. The molecule has 0 radical (unpaired) electrons. The number of nitrogens with zero attached hydrogens (tertiary/aromatic N) is 1. The standard InChI is InChI=1S/C40H33ClNO3PS/c1-31-22-25-37(26-23-31)47(44,45)42(39-27-24-33(41)30-38(39)40(43)32-14-6-2-7-15-32)28-29-46(34-16-8-3-9-17-34,35-18-10-4-11-19-35)36-20-12-5-13-21-36/h2-27,29-30H,28H2,1H3. The van der Waals surface area contributed by atoms with E-state index in [4.69, 9.17) is 11.6 Å². The normalized spacial score (nSPS) is 11.5. The Morgan fingerprint density at radius 2 is 1.13 bits per heavy atom. The van der Waals surface area contributed by atoms with Crippen LogP contribution in [0.2, 0.25) is 5.02 Å². The van der Waals surface area contributed by atoms with Crippen molar-refractivity contribution in [1.29, 1.82) is 0 Å². The number of aryl methyl sites for hydroxylation is 1. The van der Waals surface area contributed by atoms with Crippen molar-refractivity contribution in [2.75, 3.05) is 10.8 Å². The maximum atomic E-state index is 14.7. The third-order valence-electron chi connectivity index (χ3n) is 8.13. The van der Waals surface area contributed by atoms with Gasteiger partial charge in [0, 0.05) is 16.1 Å². The van der Waals surface area contributed by atoms with E-state index < -0.39 is 16.9 Å². The summed E-state index contributed by atoms with van der Waals surface area (Å²) in [5.41, 5.74) is 1.84. The van der Waals surface area contributed by atoms with E-state index in [9.17, 15) is 13.2 Å². The van der Waals surface area contributed by atoms with Crippen molar-refractivity contribution < 1.29 is 13.2 Å². The van der Waals surface area contributed by atoms with Gasteiger partial charge in [-0.3, -0.25) is 9.10 Å². The first kappa shape index (κ1) is 32.3. The molecule has 0 unspecified atom stereocenters. The van der Waals surface area contributed by atoms with Gasteiger partial charge in [-0.05, 0) is 60.1 Å². The lowest BCUT2D eigenvalue weighted by Gasteiger charge is -2.31. The lowest BCUT2D eigenvalue weighted by Crippen LogP contribution is -2.36. The number of carbonyl (C=O) groups is 1. The molecule has 0 aliphatic heterocycles. The number of hydrogen-bond acceptors (Lipinski definition) is 3. The Hall–Kier alpha value is -4.67. The van der Waals surface area contributed by atoms with Crippen molar-refractivity contribution in [1.82, 2.24) is 0 Å². The monoisotopic (exact) mass is 673 g/mol. The highest BCUT2D eigenvalue weighted by Crippen LogP contribution is 2.44. The first-order chi connectivity index (χ1) is 22.8. The van der Waals surface area contributed by atoms with Crippen molar-refractivity contribution in [2.24, 2.45) is 0 Å². The molecule has 0 N–H and O–H groups in total. The van der Waals surface area contributed by atoms with Gasteiger partial charge < -0.3 is 0 Å². The molecule has 6 aromatic rings. The Morgan fingerprint density at radius 1 is 0.660 bits per heavy atom. The van der Waals surface area contributed by atoms with Crippen molar-refractivity contribution in [2.45, 2.75) is 11.8 Å². The second-order valence-corrected chi connectivity index (χ2v) is 16.8. The van der Waals surface area contributed by atoms with Crippen LogP contribution in [0.15, 0.2) is 169 Å². The summed E-state index contributed by atoms with van der Waals surface area (Å²) < 4.78 is 30.8. The van der Waals surface area contributed by atoms with Gasteiger partial charge >= 0.3 is 0 Å². The van der Waals surface area contributed by atoms with Gasteiger partial charge in [0.25, 0.3) is 10.0 Å². The van der Waals surface area contributed by atoms with E-state index in [-0.39, 0.29) is 28.5 Å². The van der Waals surface area contributed by atoms with E-state index in [2.05, 4.69) is 42.2 Å². The molecule has 0 aliphatic carbocycles. The molecule has 0 spiro atoms. The van der Waals surface area contributed by atoms with Crippen molar-refractivity contribution in [3.05, 3.63) is 186 Å². The average molecular weight is 674 g/mol. The van der Waals surface area contributed by atoms with E-state index in [0.717, 1.165) is 21.5 Å². The van der Waals surface area contributed by atoms with Crippen LogP contribution in [0.25, 0.3) is 0 Å². The summed E-state index contributed by atoms with van der Waals surface area (Å²) >= 11 is 6.47. The van der Waals surface area contributed by atoms with Gasteiger partial charge in [0.15, 0.2) is 5.78 Å². The fraction of sp³-hybridized carbons (Fsp3) is 0.0500. The minimum atomic E-state index is -4.17. The zero-order valence-electron chi connectivity index (χ0n) is 25.8. The molecule has 6 aromatic carbocycles. The third-order valence-corrected chi connectivity index (χ3v) is 14.2. The Labute approximate surface area is 282 Å². The van der Waals surface area contributed by atoms with Crippen LogP contribution in [-0.4, -0.2) is 26.5 Å². The molecule has 6 rings (SSSR count). The van der Waals surface area contributed by atoms with Crippen LogP contribution in [0, 0.1) is 6.92 Å². The summed E-state index contributed by atoms with van der Waals surface area (Å²) in [6.07, 6.45) is 0. The SMILES string of the molecule is Cc1ccc(S(=O)(=O)N(CC=P(c2ccccc2)(c2ccccc2)c2ccccc2)c2ccc(Cl)cc2C(=O)c2ccccc2)cc1. The maximum absolute atomic E-state index is 14.7. The zero-order chi connectivity index (χ0) is 32.9. The van der Waals surface area contributed by atoms with Gasteiger partial charge in [0.2, 0.25) is 0 Å². The maximum Gasteiger partial charge on any atom is 0.264 e. The molecular formula is C40H33ClNO3PS. The summed E-state index contributed by atoms with van der Waals surface area (Å²) in [6, 6.07) is 51.1. The largest absolute Gasteiger partial charge is 0.289 e. The van der Waals surface area contributed by atoms with Gasteiger partial charge in [0.1, 0.15) is 0 Å². The molecule has 0 saturated carbocycles. The molecule has 0 aliphatic rings. The quantitative estimate of drug-likeness (QED) is 0.110. The lowest BCUT2D eigenvalue weighted by molar-refractivity contribution is 0.103. The molecule has 0 bridgehead atoms. The third kappa shape index (κ3) is 6.61. The Bertz CT molecular complexity index is 2050. The Morgan fingerprint density at radius 3 is 1.62 bits per heavy atom. The highest BCUT2D eigenvalue weighted by atomic mass is 35.5. The second-order valence-electron chi connectivity index (χ2n) is 11.1. The topological polar surface area (TPSA) is 54.5 Å². The van der Waals surface area contributed by atoms with Crippen LogP contribution in [0.3, 0.4) is 0 Å². The number of benzene rings is 6. The van der Waals surface area contributed by atoms with Crippen LogP contribution >= 0.6 is 18.5 Å². The first-order valence-corrected chi connectivity index (χ1v) is 18.9. The molecule has 0 fully saturated rings. The first-order valence-electron chi connectivity index (χ1n) is 15.2. The summed E-state index contributed by atoms with van der Waals surface area (Å²) in [6.45, 7) is -0.647. The number of anilines is 1. The zero-order valence-corrected chi connectivity index (χ0v) is 28.2. The minimum absolute atomic E-state index is 0.0145. The predicted molar refractivity (Wildman–Crippen MR) is 198 cm³/mol. The lowest BCUT2D eigenvalue weighted by atomic mass is 10.0. The summed E-state index contributed by atoms with van der Waals surface area (Å²) in [7, 11) is -4.17. The Balaban J connectivity index is 1.64. The highest BCUT2D eigenvalue weighted by Gasteiger charge is 2.31. The Kier molecular flexibility index (Phi) is 9.60. The number of hydrogen-bond donors (Lipinski definition) is 0. The molecule has 0 heterocycles. The smallest absolute Gasteiger partial charge is 0.264 e. The number of rotatable bonds is 10. The van der Waals surface area contributed by atoms with Crippen LogP contribution in [0.5, 0.6) is 0 Å². The summed E-state index contributed by atoms with van der Waals surface area (Å²) in [4.78, 5) is 14.1. The molecule has 0 atom stereocenters.